The van der Waals surface area contributed by atoms with Crippen LogP contribution in [0.15, 0.2) is 48.8 Å². The van der Waals surface area contributed by atoms with Crippen LogP contribution in [-0.4, -0.2) is 40.0 Å². The van der Waals surface area contributed by atoms with E-state index in [2.05, 4.69) is 15.0 Å². The van der Waals surface area contributed by atoms with Gasteiger partial charge in [0.15, 0.2) is 0 Å². The third-order valence-electron chi connectivity index (χ3n) is 4.79. The smallest absolute Gasteiger partial charge is 0.232 e. The van der Waals surface area contributed by atoms with E-state index in [1.54, 1.807) is 18.1 Å². The lowest BCUT2D eigenvalue weighted by molar-refractivity contribution is 0.396. The third-order valence-corrected chi connectivity index (χ3v) is 5.08. The van der Waals surface area contributed by atoms with Gasteiger partial charge < -0.3 is 9.64 Å². The summed E-state index contributed by atoms with van der Waals surface area (Å²) in [5.74, 6) is 0.161. The van der Waals surface area contributed by atoms with Gasteiger partial charge in [0, 0.05) is 23.7 Å². The van der Waals surface area contributed by atoms with Gasteiger partial charge in [0.1, 0.15) is 11.6 Å². The molecule has 4 aromatic rings. The van der Waals surface area contributed by atoms with Crippen molar-refractivity contribution in [1.29, 1.82) is 10.8 Å². The van der Waals surface area contributed by atoms with Crippen molar-refractivity contribution >= 4 is 40.3 Å². The number of hydrogen-bond acceptors (Lipinski definition) is 7. The molecule has 4 rings (SSSR count). The maximum absolute atomic E-state index is 14.3. The first-order chi connectivity index (χ1) is 14.9. The lowest BCUT2D eigenvalue weighted by Gasteiger charge is -2.22. The van der Waals surface area contributed by atoms with Crippen molar-refractivity contribution in [3.05, 3.63) is 65.2 Å². The fourth-order valence-electron chi connectivity index (χ4n) is 3.20. The number of nitrogens with one attached hydrogen (secondary N) is 2. The van der Waals surface area contributed by atoms with Gasteiger partial charge in [0.05, 0.1) is 42.1 Å². The molecule has 0 saturated carbocycles. The minimum Gasteiger partial charge on any atom is -0.480 e. The topological polar surface area (TPSA) is 104 Å². The average molecular weight is 438 g/mol. The predicted molar refractivity (Wildman–Crippen MR) is 117 cm³/mol. The highest BCUT2D eigenvalue weighted by molar-refractivity contribution is 6.31. The summed E-state index contributed by atoms with van der Waals surface area (Å²) in [5.41, 5.74) is 2.44. The van der Waals surface area contributed by atoms with Gasteiger partial charge in [0.2, 0.25) is 11.5 Å². The Bertz CT molecular complexity index is 1350. The van der Waals surface area contributed by atoms with Gasteiger partial charge in [-0.3, -0.25) is 15.4 Å². The number of anilines is 2. The summed E-state index contributed by atoms with van der Waals surface area (Å²) in [7, 11) is 3.29. The van der Waals surface area contributed by atoms with Crippen LogP contribution in [0.2, 0.25) is 5.02 Å². The molecule has 0 aliphatic heterocycles. The van der Waals surface area contributed by atoms with Crippen molar-refractivity contribution in [3.8, 4) is 17.1 Å². The van der Waals surface area contributed by atoms with Crippen LogP contribution in [0.3, 0.4) is 0 Å². The number of halogens is 2. The van der Waals surface area contributed by atoms with E-state index >= 15 is 0 Å². The van der Waals surface area contributed by atoms with E-state index in [-0.39, 0.29) is 10.6 Å². The predicted octanol–water partition coefficient (Wildman–Crippen LogP) is 4.00. The Morgan fingerprint density at radius 1 is 1.19 bits per heavy atom. The number of rotatable bonds is 5. The molecule has 0 atom stereocenters. The minimum atomic E-state index is -0.609. The number of ether oxygens (including phenoxy) is 1. The quantitative estimate of drug-likeness (QED) is 0.363. The molecule has 0 spiro atoms. The van der Waals surface area contributed by atoms with Crippen LogP contribution in [0, 0.1) is 16.6 Å². The minimum absolute atomic E-state index is 0.0950. The number of benzene rings is 2. The summed E-state index contributed by atoms with van der Waals surface area (Å²) in [5, 5.41) is 16.1. The van der Waals surface area contributed by atoms with E-state index in [0.717, 1.165) is 17.6 Å². The monoisotopic (exact) mass is 437 g/mol. The summed E-state index contributed by atoms with van der Waals surface area (Å²) < 4.78 is 20.5. The van der Waals surface area contributed by atoms with Crippen LogP contribution in [0.4, 0.5) is 15.9 Å². The second-order valence-corrected chi connectivity index (χ2v) is 7.00. The molecule has 0 amide bonds. The van der Waals surface area contributed by atoms with Crippen molar-refractivity contribution < 1.29 is 9.13 Å². The first-order valence-electron chi connectivity index (χ1n) is 9.09. The molecule has 156 valence electrons. The van der Waals surface area contributed by atoms with Gasteiger partial charge >= 0.3 is 0 Å². The van der Waals surface area contributed by atoms with Crippen molar-refractivity contribution in [1.82, 2.24) is 19.5 Å². The normalized spacial score (nSPS) is 10.8. The Morgan fingerprint density at radius 3 is 2.68 bits per heavy atom. The molecule has 31 heavy (non-hydrogen) atoms. The summed E-state index contributed by atoms with van der Waals surface area (Å²) in [6.07, 6.45) is 4.09. The Balaban J connectivity index is 1.85. The van der Waals surface area contributed by atoms with Crippen molar-refractivity contribution in [3.63, 3.8) is 0 Å². The molecule has 0 saturated heterocycles. The summed E-state index contributed by atoms with van der Waals surface area (Å²) in [6.45, 7) is 0. The second kappa shape index (κ2) is 8.11. The SMILES string of the molecule is COc1cnc(-c2cccc(N(C)c3nc(=N)n(C=N)c4cc(Cl)c(F)cc34)c2)cn1. The highest BCUT2D eigenvalue weighted by Crippen LogP contribution is 2.32. The number of fused-ring (bicyclic) bond motifs is 1. The van der Waals surface area contributed by atoms with E-state index in [1.165, 1.54) is 30.0 Å². The first-order valence-corrected chi connectivity index (χ1v) is 9.47. The van der Waals surface area contributed by atoms with Crippen LogP contribution in [0.1, 0.15) is 0 Å². The molecule has 2 aromatic heterocycles. The van der Waals surface area contributed by atoms with E-state index < -0.39 is 5.82 Å². The fraction of sp³-hybridized carbons (Fsp3) is 0.0952. The Hall–Kier alpha value is -3.85. The Labute approximate surface area is 181 Å². The summed E-state index contributed by atoms with van der Waals surface area (Å²) in [6, 6.07) is 10.1. The van der Waals surface area contributed by atoms with Gasteiger partial charge in [-0.15, -0.1) is 0 Å². The molecule has 10 heteroatoms. The number of aromatic nitrogens is 4. The summed E-state index contributed by atoms with van der Waals surface area (Å²) >= 11 is 5.95. The van der Waals surface area contributed by atoms with Gasteiger partial charge in [-0.25, -0.2) is 14.4 Å². The molecular formula is C21H17ClFN7O. The Morgan fingerprint density at radius 2 is 2.00 bits per heavy atom. The molecule has 2 heterocycles. The first kappa shape index (κ1) is 20.4. The molecule has 0 radical (unpaired) electrons. The van der Waals surface area contributed by atoms with Crippen LogP contribution in [0.25, 0.3) is 22.2 Å². The van der Waals surface area contributed by atoms with Gasteiger partial charge in [-0.05, 0) is 24.3 Å². The Kier molecular flexibility index (Phi) is 5.35. The molecule has 2 N–H and O–H groups in total. The van der Waals surface area contributed by atoms with E-state index in [4.69, 9.17) is 27.2 Å². The number of methoxy groups -OCH3 is 1. The van der Waals surface area contributed by atoms with Crippen LogP contribution >= 0.6 is 11.6 Å². The fourth-order valence-corrected chi connectivity index (χ4v) is 3.35. The molecule has 0 unspecified atom stereocenters. The van der Waals surface area contributed by atoms with E-state index in [9.17, 15) is 4.39 Å². The molecule has 0 bridgehead atoms. The number of nitrogens with zero attached hydrogens (tertiary/aromatic N) is 5. The maximum atomic E-state index is 14.3. The highest BCUT2D eigenvalue weighted by atomic mass is 35.5. The van der Waals surface area contributed by atoms with Gasteiger partial charge in [0.25, 0.3) is 0 Å². The van der Waals surface area contributed by atoms with Gasteiger partial charge in [-0.1, -0.05) is 23.7 Å². The molecular weight excluding hydrogens is 421 g/mol. The van der Waals surface area contributed by atoms with Gasteiger partial charge in [-0.2, -0.15) is 4.98 Å². The van der Waals surface area contributed by atoms with E-state index in [0.29, 0.717) is 28.3 Å². The highest BCUT2D eigenvalue weighted by Gasteiger charge is 2.16. The molecule has 8 nitrogen and oxygen atoms in total. The largest absolute Gasteiger partial charge is 0.480 e. The molecule has 0 fully saturated rings. The molecule has 0 aliphatic rings. The maximum Gasteiger partial charge on any atom is 0.232 e. The second-order valence-electron chi connectivity index (χ2n) is 6.59. The summed E-state index contributed by atoms with van der Waals surface area (Å²) in [4.78, 5) is 14.6. The molecule has 2 aromatic carbocycles. The number of hydrogen-bond donors (Lipinski definition) is 2. The molecule has 0 aliphatic carbocycles. The zero-order valence-corrected chi connectivity index (χ0v) is 17.4. The zero-order valence-electron chi connectivity index (χ0n) is 16.6. The standard InChI is InChI=1S/C21H17ClFN7O/c1-29(13-5-3-4-12(6-13)17-9-27-19(31-2)10-26-17)20-14-7-16(23)15(22)8-18(14)30(11-24)21(25)28-20/h3-11,24-25H,1-2H3. The van der Waals surface area contributed by atoms with Crippen molar-refractivity contribution in [2.75, 3.05) is 19.1 Å². The third kappa shape index (κ3) is 3.71. The van der Waals surface area contributed by atoms with Crippen LogP contribution < -0.4 is 15.3 Å². The zero-order chi connectivity index (χ0) is 22.1. The average Bonchev–Trinajstić information content (AvgIpc) is 2.79. The lowest BCUT2D eigenvalue weighted by Crippen LogP contribution is -2.26. The van der Waals surface area contributed by atoms with E-state index in [1.807, 2.05) is 24.3 Å². The lowest BCUT2D eigenvalue weighted by atomic mass is 10.1. The van der Waals surface area contributed by atoms with Crippen molar-refractivity contribution in [2.45, 2.75) is 0 Å². The van der Waals surface area contributed by atoms with Crippen LogP contribution in [-0.2, 0) is 0 Å². The van der Waals surface area contributed by atoms with Crippen molar-refractivity contribution in [2.24, 2.45) is 0 Å². The van der Waals surface area contributed by atoms with Crippen LogP contribution in [0.5, 0.6) is 5.88 Å².